The number of likely N-dealkylation sites (N-methyl/N-ethyl adjacent to an activating group) is 1. The number of nitrogens with two attached hydrogens (primary N) is 2. The summed E-state index contributed by atoms with van der Waals surface area (Å²) in [6.07, 6.45) is 0. The average Bonchev–Trinajstić information content (AvgIpc) is 1.94. The first kappa shape index (κ1) is 11.9. The SMILES string of the molecule is CN(CCN)CC1CN(S(N)(=O)=O)C1. The first-order valence-corrected chi connectivity index (χ1v) is 6.10. The molecule has 0 atom stereocenters. The maximum absolute atomic E-state index is 10.8. The van der Waals surface area contributed by atoms with Crippen LogP contribution in [0, 0.1) is 5.92 Å². The Morgan fingerprint density at radius 3 is 2.50 bits per heavy atom. The smallest absolute Gasteiger partial charge is 0.276 e. The lowest BCUT2D eigenvalue weighted by molar-refractivity contribution is 0.149. The first-order chi connectivity index (χ1) is 6.43. The maximum Gasteiger partial charge on any atom is 0.276 e. The maximum atomic E-state index is 10.8. The molecular formula is C7H18N4O2S. The minimum Gasteiger partial charge on any atom is -0.329 e. The summed E-state index contributed by atoms with van der Waals surface area (Å²) in [5.74, 6) is 0.393. The minimum atomic E-state index is -3.46. The summed E-state index contributed by atoms with van der Waals surface area (Å²) < 4.78 is 23.0. The van der Waals surface area contributed by atoms with Gasteiger partial charge in [0.2, 0.25) is 0 Å². The molecule has 14 heavy (non-hydrogen) atoms. The molecule has 0 aromatic heterocycles. The fraction of sp³-hybridized carbons (Fsp3) is 1.00. The predicted octanol–water partition coefficient (Wildman–Crippen LogP) is -1.99. The van der Waals surface area contributed by atoms with Crippen LogP contribution in [0.25, 0.3) is 0 Å². The molecule has 0 aliphatic carbocycles. The topological polar surface area (TPSA) is 92.7 Å². The number of nitrogens with zero attached hydrogens (tertiary/aromatic N) is 2. The van der Waals surface area contributed by atoms with Crippen LogP contribution in [-0.2, 0) is 10.2 Å². The lowest BCUT2D eigenvalue weighted by Gasteiger charge is -2.38. The van der Waals surface area contributed by atoms with E-state index in [0.29, 0.717) is 25.6 Å². The molecule has 7 heteroatoms. The first-order valence-electron chi connectivity index (χ1n) is 4.60. The van der Waals surface area contributed by atoms with Crippen LogP contribution in [0.4, 0.5) is 0 Å². The van der Waals surface area contributed by atoms with E-state index in [4.69, 9.17) is 10.9 Å². The van der Waals surface area contributed by atoms with Gasteiger partial charge in [-0.3, -0.25) is 0 Å². The van der Waals surface area contributed by atoms with Gasteiger partial charge in [-0.05, 0) is 13.0 Å². The van der Waals surface area contributed by atoms with Crippen LogP contribution in [-0.4, -0.2) is 57.4 Å². The van der Waals surface area contributed by atoms with E-state index in [2.05, 4.69) is 4.90 Å². The van der Waals surface area contributed by atoms with Crippen molar-refractivity contribution < 1.29 is 8.42 Å². The highest BCUT2D eigenvalue weighted by molar-refractivity contribution is 7.86. The summed E-state index contributed by atoms with van der Waals surface area (Å²) in [6.45, 7) is 3.42. The Kier molecular flexibility index (Phi) is 3.85. The Labute approximate surface area is 85.0 Å². The Morgan fingerprint density at radius 2 is 2.07 bits per heavy atom. The van der Waals surface area contributed by atoms with Crippen molar-refractivity contribution in [2.24, 2.45) is 16.8 Å². The van der Waals surface area contributed by atoms with Crippen LogP contribution in [0.3, 0.4) is 0 Å². The van der Waals surface area contributed by atoms with Crippen LogP contribution >= 0.6 is 0 Å². The van der Waals surface area contributed by atoms with E-state index in [9.17, 15) is 8.42 Å². The summed E-state index contributed by atoms with van der Waals surface area (Å²) in [5, 5.41) is 4.96. The zero-order valence-electron chi connectivity index (χ0n) is 8.39. The Hall–Kier alpha value is -0.210. The lowest BCUT2D eigenvalue weighted by Crippen LogP contribution is -2.55. The van der Waals surface area contributed by atoms with Crippen molar-refractivity contribution >= 4 is 10.2 Å². The molecule has 0 aromatic rings. The van der Waals surface area contributed by atoms with E-state index in [0.717, 1.165) is 13.1 Å². The van der Waals surface area contributed by atoms with Crippen molar-refractivity contribution in [3.63, 3.8) is 0 Å². The van der Waals surface area contributed by atoms with E-state index >= 15 is 0 Å². The number of hydrogen-bond acceptors (Lipinski definition) is 4. The van der Waals surface area contributed by atoms with E-state index in [1.807, 2.05) is 7.05 Å². The summed E-state index contributed by atoms with van der Waals surface area (Å²) in [6, 6.07) is 0. The van der Waals surface area contributed by atoms with Crippen molar-refractivity contribution in [1.82, 2.24) is 9.21 Å². The highest BCUT2D eigenvalue weighted by atomic mass is 32.2. The molecular weight excluding hydrogens is 204 g/mol. The Bertz CT molecular complexity index is 273. The third-order valence-corrected chi connectivity index (χ3v) is 3.38. The predicted molar refractivity (Wildman–Crippen MR) is 54.7 cm³/mol. The molecule has 1 heterocycles. The van der Waals surface area contributed by atoms with Gasteiger partial charge in [0.05, 0.1) is 0 Å². The van der Waals surface area contributed by atoms with Gasteiger partial charge in [0.25, 0.3) is 10.2 Å². The lowest BCUT2D eigenvalue weighted by atomic mass is 10.0. The van der Waals surface area contributed by atoms with Gasteiger partial charge < -0.3 is 10.6 Å². The van der Waals surface area contributed by atoms with Crippen LogP contribution in [0.1, 0.15) is 0 Å². The normalized spacial score (nSPS) is 20.0. The average molecular weight is 222 g/mol. The van der Waals surface area contributed by atoms with Gasteiger partial charge in [-0.25, -0.2) is 5.14 Å². The monoisotopic (exact) mass is 222 g/mol. The number of rotatable bonds is 5. The Morgan fingerprint density at radius 1 is 1.50 bits per heavy atom. The third kappa shape index (κ3) is 3.18. The fourth-order valence-corrected chi connectivity index (χ4v) is 2.44. The summed E-state index contributed by atoms with van der Waals surface area (Å²) >= 11 is 0. The molecule has 84 valence electrons. The molecule has 1 aliphatic heterocycles. The summed E-state index contributed by atoms with van der Waals surface area (Å²) in [7, 11) is -1.48. The highest BCUT2D eigenvalue weighted by Gasteiger charge is 2.33. The zero-order valence-corrected chi connectivity index (χ0v) is 9.20. The van der Waals surface area contributed by atoms with Crippen LogP contribution < -0.4 is 10.9 Å². The fourth-order valence-electron chi connectivity index (χ4n) is 1.60. The summed E-state index contributed by atoms with van der Waals surface area (Å²) in [5.41, 5.74) is 5.39. The zero-order chi connectivity index (χ0) is 10.8. The molecule has 0 bridgehead atoms. The van der Waals surface area contributed by atoms with Gasteiger partial charge in [0.1, 0.15) is 0 Å². The van der Waals surface area contributed by atoms with Crippen molar-refractivity contribution in [2.45, 2.75) is 0 Å². The van der Waals surface area contributed by atoms with Gasteiger partial charge >= 0.3 is 0 Å². The van der Waals surface area contributed by atoms with Gasteiger partial charge in [0, 0.05) is 32.7 Å². The molecule has 0 amide bonds. The molecule has 0 saturated carbocycles. The second-order valence-corrected chi connectivity index (χ2v) is 5.33. The third-order valence-electron chi connectivity index (χ3n) is 2.36. The molecule has 0 radical (unpaired) electrons. The summed E-state index contributed by atoms with van der Waals surface area (Å²) in [4.78, 5) is 2.10. The highest BCUT2D eigenvalue weighted by Crippen LogP contribution is 2.17. The molecule has 0 unspecified atom stereocenters. The second kappa shape index (κ2) is 4.54. The molecule has 1 saturated heterocycles. The van der Waals surface area contributed by atoms with Gasteiger partial charge in [-0.15, -0.1) is 0 Å². The molecule has 0 aromatic carbocycles. The molecule has 1 fully saturated rings. The largest absolute Gasteiger partial charge is 0.329 e. The van der Waals surface area contributed by atoms with E-state index in [-0.39, 0.29) is 0 Å². The van der Waals surface area contributed by atoms with E-state index < -0.39 is 10.2 Å². The molecule has 1 rings (SSSR count). The van der Waals surface area contributed by atoms with Gasteiger partial charge in [-0.2, -0.15) is 12.7 Å². The Balaban J connectivity index is 2.22. The van der Waals surface area contributed by atoms with E-state index in [1.54, 1.807) is 0 Å². The second-order valence-electron chi connectivity index (χ2n) is 3.78. The van der Waals surface area contributed by atoms with Crippen molar-refractivity contribution in [3.05, 3.63) is 0 Å². The van der Waals surface area contributed by atoms with Crippen LogP contribution in [0.5, 0.6) is 0 Å². The molecule has 1 aliphatic rings. The van der Waals surface area contributed by atoms with Crippen molar-refractivity contribution in [3.8, 4) is 0 Å². The molecule has 4 N–H and O–H groups in total. The van der Waals surface area contributed by atoms with Crippen molar-refractivity contribution in [1.29, 1.82) is 0 Å². The van der Waals surface area contributed by atoms with E-state index in [1.165, 1.54) is 4.31 Å². The number of hydrogen-bond donors (Lipinski definition) is 2. The molecule has 0 spiro atoms. The molecule has 6 nitrogen and oxygen atoms in total. The van der Waals surface area contributed by atoms with Crippen molar-refractivity contribution in [2.75, 3.05) is 39.8 Å². The van der Waals surface area contributed by atoms with Crippen LogP contribution in [0.2, 0.25) is 0 Å². The minimum absolute atomic E-state index is 0.393. The van der Waals surface area contributed by atoms with Crippen LogP contribution in [0.15, 0.2) is 0 Å². The van der Waals surface area contributed by atoms with Gasteiger partial charge in [0.15, 0.2) is 0 Å². The quantitative estimate of drug-likeness (QED) is 0.563. The van der Waals surface area contributed by atoms with Gasteiger partial charge in [-0.1, -0.05) is 0 Å². The standard InChI is InChI=1S/C7H18N4O2S/c1-10(3-2-8)4-7-5-11(6-7)14(9,12)13/h7H,2-6,8H2,1H3,(H2,9,12,13).